The lowest BCUT2D eigenvalue weighted by Gasteiger charge is -2.22. The van der Waals surface area contributed by atoms with E-state index in [0.717, 1.165) is 17.0 Å². The van der Waals surface area contributed by atoms with Crippen molar-refractivity contribution in [3.63, 3.8) is 0 Å². The Balaban J connectivity index is 1.66. The van der Waals surface area contributed by atoms with E-state index in [-0.39, 0.29) is 27.4 Å². The molecule has 6 nitrogen and oxygen atoms in total. The largest absolute Gasteiger partial charge is 0.449 e. The van der Waals surface area contributed by atoms with Crippen LogP contribution in [-0.4, -0.2) is 29.1 Å². The molecule has 1 aliphatic rings. The molecule has 2 aromatic rings. The maximum atomic E-state index is 13.1. The zero-order chi connectivity index (χ0) is 20.4. The molecule has 3 rings (SSSR count). The molecule has 0 aromatic heterocycles. The second-order valence-electron chi connectivity index (χ2n) is 6.12. The van der Waals surface area contributed by atoms with Gasteiger partial charge in [0, 0.05) is 4.90 Å². The van der Waals surface area contributed by atoms with Crippen molar-refractivity contribution in [1.82, 2.24) is 0 Å². The first kappa shape index (κ1) is 20.2. The van der Waals surface area contributed by atoms with Crippen LogP contribution in [0.25, 0.3) is 0 Å². The van der Waals surface area contributed by atoms with E-state index in [9.17, 15) is 18.8 Å². The Morgan fingerprint density at radius 3 is 2.75 bits per heavy atom. The number of hydrogen-bond donors (Lipinski definition) is 2. The van der Waals surface area contributed by atoms with Gasteiger partial charge in [0.25, 0.3) is 5.91 Å². The molecule has 1 heterocycles. The highest BCUT2D eigenvalue weighted by Crippen LogP contribution is 2.36. The molecule has 28 heavy (non-hydrogen) atoms. The van der Waals surface area contributed by atoms with Gasteiger partial charge in [0.15, 0.2) is 6.10 Å². The van der Waals surface area contributed by atoms with Crippen molar-refractivity contribution in [3.8, 4) is 0 Å². The summed E-state index contributed by atoms with van der Waals surface area (Å²) in [6.45, 7) is 3.20. The number of thioether (sulfide) groups is 1. The molecule has 0 unspecified atom stereocenters. The lowest BCUT2D eigenvalue weighted by molar-refractivity contribution is -0.123. The molecule has 0 saturated carbocycles. The Kier molecular flexibility index (Phi) is 5.90. The third-order valence-corrected chi connectivity index (χ3v) is 5.48. The molecular weight excluding hydrogens is 407 g/mol. The van der Waals surface area contributed by atoms with Gasteiger partial charge in [-0.05, 0) is 50.2 Å². The van der Waals surface area contributed by atoms with Gasteiger partial charge in [0.05, 0.1) is 27.2 Å². The zero-order valence-electron chi connectivity index (χ0n) is 14.9. The first-order valence-corrected chi connectivity index (χ1v) is 9.59. The lowest BCUT2D eigenvalue weighted by Crippen LogP contribution is -2.30. The van der Waals surface area contributed by atoms with Gasteiger partial charge < -0.3 is 15.4 Å². The zero-order valence-corrected chi connectivity index (χ0v) is 16.5. The number of benzene rings is 2. The fraction of sp³-hybridized carbons (Fsp3) is 0.211. The maximum Gasteiger partial charge on any atom is 0.338 e. The van der Waals surface area contributed by atoms with E-state index in [1.54, 1.807) is 19.1 Å². The topological polar surface area (TPSA) is 84.5 Å². The summed E-state index contributed by atoms with van der Waals surface area (Å²) in [5, 5.41) is 5.03. The summed E-state index contributed by atoms with van der Waals surface area (Å²) in [5.41, 5.74) is 0.935. The van der Waals surface area contributed by atoms with Crippen LogP contribution in [-0.2, 0) is 14.3 Å². The van der Waals surface area contributed by atoms with Crippen molar-refractivity contribution in [2.24, 2.45) is 0 Å². The van der Waals surface area contributed by atoms with E-state index in [1.165, 1.54) is 30.8 Å². The Morgan fingerprint density at radius 2 is 2.04 bits per heavy atom. The minimum Gasteiger partial charge on any atom is -0.449 e. The SMILES string of the molecule is C[C@H](OC(=O)c1ccc2c(c1)NC(=O)[C@H](C)S2)C(=O)Nc1ccc(F)cc1Cl. The van der Waals surface area contributed by atoms with Crippen LogP contribution in [0.5, 0.6) is 0 Å². The third-order valence-electron chi connectivity index (χ3n) is 3.99. The second kappa shape index (κ2) is 8.20. The van der Waals surface area contributed by atoms with Gasteiger partial charge in [0.2, 0.25) is 5.91 Å². The lowest BCUT2D eigenvalue weighted by atomic mass is 10.2. The normalized spacial score (nSPS) is 16.6. The van der Waals surface area contributed by atoms with Crippen molar-refractivity contribution in [2.75, 3.05) is 10.6 Å². The van der Waals surface area contributed by atoms with Crippen LogP contribution in [0.4, 0.5) is 15.8 Å². The Bertz CT molecular complexity index is 969. The number of nitrogens with one attached hydrogen (secondary N) is 2. The molecule has 2 N–H and O–H groups in total. The minimum atomic E-state index is -1.12. The van der Waals surface area contributed by atoms with Crippen molar-refractivity contribution in [2.45, 2.75) is 30.1 Å². The Labute approximate surface area is 169 Å². The highest BCUT2D eigenvalue weighted by Gasteiger charge is 2.25. The van der Waals surface area contributed by atoms with E-state index in [2.05, 4.69) is 10.6 Å². The second-order valence-corrected chi connectivity index (χ2v) is 7.91. The van der Waals surface area contributed by atoms with Crippen molar-refractivity contribution < 1.29 is 23.5 Å². The summed E-state index contributed by atoms with van der Waals surface area (Å²) in [4.78, 5) is 37.2. The molecule has 1 aliphatic heterocycles. The quantitative estimate of drug-likeness (QED) is 0.725. The first-order chi connectivity index (χ1) is 13.2. The number of carbonyl (C=O) groups is 3. The van der Waals surface area contributed by atoms with Gasteiger partial charge in [-0.2, -0.15) is 0 Å². The first-order valence-electron chi connectivity index (χ1n) is 8.33. The van der Waals surface area contributed by atoms with Crippen molar-refractivity contribution in [1.29, 1.82) is 0 Å². The maximum absolute atomic E-state index is 13.1. The van der Waals surface area contributed by atoms with Crippen LogP contribution < -0.4 is 10.6 Å². The number of fused-ring (bicyclic) bond motifs is 1. The monoisotopic (exact) mass is 422 g/mol. The van der Waals surface area contributed by atoms with E-state index >= 15 is 0 Å². The van der Waals surface area contributed by atoms with Crippen LogP contribution in [0.1, 0.15) is 24.2 Å². The van der Waals surface area contributed by atoms with Gasteiger partial charge in [-0.25, -0.2) is 9.18 Å². The number of amides is 2. The van der Waals surface area contributed by atoms with Gasteiger partial charge >= 0.3 is 5.97 Å². The summed E-state index contributed by atoms with van der Waals surface area (Å²) < 4.78 is 18.3. The summed E-state index contributed by atoms with van der Waals surface area (Å²) in [7, 11) is 0. The molecule has 0 aliphatic carbocycles. The summed E-state index contributed by atoms with van der Waals surface area (Å²) in [5.74, 6) is -2.01. The average molecular weight is 423 g/mol. The summed E-state index contributed by atoms with van der Waals surface area (Å²) in [6.07, 6.45) is -1.12. The van der Waals surface area contributed by atoms with Crippen LogP contribution >= 0.6 is 23.4 Å². The van der Waals surface area contributed by atoms with E-state index in [0.29, 0.717) is 5.69 Å². The van der Waals surface area contributed by atoms with Gasteiger partial charge in [-0.15, -0.1) is 11.8 Å². The number of ether oxygens (including phenoxy) is 1. The molecule has 2 amide bonds. The fourth-order valence-corrected chi connectivity index (χ4v) is 3.59. The van der Waals surface area contributed by atoms with E-state index in [4.69, 9.17) is 16.3 Å². The van der Waals surface area contributed by atoms with Crippen molar-refractivity contribution in [3.05, 3.63) is 52.8 Å². The standard InChI is InChI=1S/C19H16ClFN2O4S/c1-9(17(24)22-14-5-4-12(21)8-13(14)20)27-19(26)11-3-6-16-15(7-11)23-18(25)10(2)28-16/h3-10H,1-2H3,(H,22,24)(H,23,25)/t9-,10-/m0/s1. The predicted octanol–water partition coefficient (Wildman–Crippen LogP) is 4.10. The van der Waals surface area contributed by atoms with Gasteiger partial charge in [-0.1, -0.05) is 11.6 Å². The molecular formula is C19H16ClFN2O4S. The molecule has 0 spiro atoms. The average Bonchev–Trinajstić information content (AvgIpc) is 2.64. The molecule has 9 heteroatoms. The van der Waals surface area contributed by atoms with Crippen LogP contribution in [0.2, 0.25) is 5.02 Å². The molecule has 0 saturated heterocycles. The number of anilines is 2. The predicted molar refractivity (Wildman–Crippen MR) is 105 cm³/mol. The number of carbonyl (C=O) groups excluding carboxylic acids is 3. The summed E-state index contributed by atoms with van der Waals surface area (Å²) >= 11 is 7.27. The smallest absolute Gasteiger partial charge is 0.338 e. The molecule has 0 bridgehead atoms. The number of esters is 1. The molecule has 2 aromatic carbocycles. The molecule has 146 valence electrons. The van der Waals surface area contributed by atoms with Gasteiger partial charge in [0.1, 0.15) is 5.82 Å². The highest BCUT2D eigenvalue weighted by atomic mass is 35.5. The van der Waals surface area contributed by atoms with Crippen LogP contribution in [0.3, 0.4) is 0 Å². The van der Waals surface area contributed by atoms with E-state index in [1.807, 2.05) is 0 Å². The van der Waals surface area contributed by atoms with E-state index < -0.39 is 23.8 Å². The Hall–Kier alpha value is -2.58. The number of halogens is 2. The molecule has 0 fully saturated rings. The number of rotatable bonds is 4. The van der Waals surface area contributed by atoms with Crippen LogP contribution in [0, 0.1) is 5.82 Å². The minimum absolute atomic E-state index is 0.0315. The fourth-order valence-electron chi connectivity index (χ4n) is 2.44. The van der Waals surface area contributed by atoms with Gasteiger partial charge in [-0.3, -0.25) is 9.59 Å². The highest BCUT2D eigenvalue weighted by molar-refractivity contribution is 8.00. The Morgan fingerprint density at radius 1 is 1.29 bits per heavy atom. The molecule has 0 radical (unpaired) electrons. The van der Waals surface area contributed by atoms with Crippen LogP contribution in [0.15, 0.2) is 41.3 Å². The van der Waals surface area contributed by atoms with Crippen molar-refractivity contribution >= 4 is 52.5 Å². The summed E-state index contributed by atoms with van der Waals surface area (Å²) in [6, 6.07) is 8.33. The number of hydrogen-bond acceptors (Lipinski definition) is 5. The molecule has 2 atom stereocenters. The third kappa shape index (κ3) is 4.45.